The fourth-order valence-electron chi connectivity index (χ4n) is 1.85. The molecule has 0 saturated carbocycles. The first-order chi connectivity index (χ1) is 9.45. The summed E-state index contributed by atoms with van der Waals surface area (Å²) in [5.41, 5.74) is 0.985. The van der Waals surface area contributed by atoms with Gasteiger partial charge in [0.1, 0.15) is 11.3 Å². The van der Waals surface area contributed by atoms with Gasteiger partial charge in [0, 0.05) is 17.8 Å². The smallest absolute Gasteiger partial charge is 0.339 e. The van der Waals surface area contributed by atoms with Gasteiger partial charge in [-0.1, -0.05) is 42.3 Å². The van der Waals surface area contributed by atoms with Crippen molar-refractivity contribution in [3.8, 4) is 11.3 Å². The molecule has 6 heteroatoms. The van der Waals surface area contributed by atoms with E-state index in [-0.39, 0.29) is 11.6 Å². The molecule has 0 amide bonds. The van der Waals surface area contributed by atoms with Gasteiger partial charge in [-0.05, 0) is 19.4 Å². The number of rotatable bonds is 4. The van der Waals surface area contributed by atoms with Crippen molar-refractivity contribution < 1.29 is 9.90 Å². The Balaban J connectivity index is 2.63. The number of hydrogen-bond donors (Lipinski definition) is 1. The number of carboxylic acid groups (broad SMARTS) is 1. The van der Waals surface area contributed by atoms with Crippen LogP contribution in [-0.4, -0.2) is 20.9 Å². The highest BCUT2D eigenvalue weighted by Crippen LogP contribution is 2.34. The summed E-state index contributed by atoms with van der Waals surface area (Å²) in [6.07, 6.45) is 2.38. The second kappa shape index (κ2) is 5.85. The van der Waals surface area contributed by atoms with Gasteiger partial charge in [0.25, 0.3) is 0 Å². The molecular formula is C14H14Cl2N2O2. The van der Waals surface area contributed by atoms with Crippen LogP contribution in [0.2, 0.25) is 10.0 Å². The van der Waals surface area contributed by atoms with Gasteiger partial charge in [-0.3, -0.25) is 4.68 Å². The molecule has 0 saturated heterocycles. The third kappa shape index (κ3) is 2.67. The first-order valence-electron chi connectivity index (χ1n) is 6.22. The average molecular weight is 313 g/mol. The number of carbonyl (C=O) groups is 1. The number of aromatic carboxylic acids is 1. The first-order valence-corrected chi connectivity index (χ1v) is 6.98. The molecule has 1 atom stereocenters. The Kier molecular flexibility index (Phi) is 4.35. The monoisotopic (exact) mass is 312 g/mol. The maximum atomic E-state index is 11.4. The molecule has 4 nitrogen and oxygen atoms in total. The summed E-state index contributed by atoms with van der Waals surface area (Å²) in [6.45, 7) is 3.99. The maximum absolute atomic E-state index is 11.4. The van der Waals surface area contributed by atoms with Crippen molar-refractivity contribution >= 4 is 29.2 Å². The molecule has 0 spiro atoms. The van der Waals surface area contributed by atoms with Crippen LogP contribution in [0.25, 0.3) is 11.3 Å². The molecule has 0 bridgehead atoms. The Morgan fingerprint density at radius 1 is 1.45 bits per heavy atom. The number of carboxylic acids is 1. The van der Waals surface area contributed by atoms with Crippen molar-refractivity contribution in [3.63, 3.8) is 0 Å². The van der Waals surface area contributed by atoms with E-state index in [1.54, 1.807) is 22.9 Å². The van der Waals surface area contributed by atoms with E-state index in [9.17, 15) is 9.90 Å². The van der Waals surface area contributed by atoms with Crippen molar-refractivity contribution in [1.29, 1.82) is 0 Å². The Morgan fingerprint density at radius 3 is 2.75 bits per heavy atom. The summed E-state index contributed by atoms with van der Waals surface area (Å²) in [4.78, 5) is 11.4. The Hall–Kier alpha value is -1.52. The second-order valence-electron chi connectivity index (χ2n) is 4.54. The van der Waals surface area contributed by atoms with Crippen LogP contribution >= 0.6 is 23.2 Å². The summed E-state index contributed by atoms with van der Waals surface area (Å²) in [5.74, 6) is -1.04. The highest BCUT2D eigenvalue weighted by Gasteiger charge is 2.21. The zero-order valence-electron chi connectivity index (χ0n) is 11.1. The van der Waals surface area contributed by atoms with E-state index >= 15 is 0 Å². The lowest BCUT2D eigenvalue weighted by Gasteiger charge is -2.08. The van der Waals surface area contributed by atoms with Gasteiger partial charge in [-0.25, -0.2) is 4.79 Å². The van der Waals surface area contributed by atoms with Crippen LogP contribution in [0.1, 0.15) is 36.7 Å². The standard InChI is InChI=1S/C14H14Cl2N2O2/c1-3-8(2)18-7-10(14(19)20)13(17-18)9-5-4-6-11(15)12(9)16/h4-8H,3H2,1-2H3,(H,19,20). The topological polar surface area (TPSA) is 55.1 Å². The highest BCUT2D eigenvalue weighted by atomic mass is 35.5. The minimum atomic E-state index is -1.04. The lowest BCUT2D eigenvalue weighted by molar-refractivity contribution is 0.0697. The molecule has 0 aliphatic carbocycles. The van der Waals surface area contributed by atoms with Crippen LogP contribution in [0.15, 0.2) is 24.4 Å². The molecule has 2 rings (SSSR count). The number of halogens is 2. The first kappa shape index (κ1) is 14.9. The van der Waals surface area contributed by atoms with E-state index in [0.717, 1.165) is 6.42 Å². The van der Waals surface area contributed by atoms with Crippen LogP contribution in [0.5, 0.6) is 0 Å². The second-order valence-corrected chi connectivity index (χ2v) is 5.32. The predicted molar refractivity (Wildman–Crippen MR) is 79.6 cm³/mol. The summed E-state index contributed by atoms with van der Waals surface area (Å²) >= 11 is 12.1. The minimum absolute atomic E-state index is 0.111. The van der Waals surface area contributed by atoms with Gasteiger partial charge in [-0.2, -0.15) is 5.10 Å². The number of nitrogens with zero attached hydrogens (tertiary/aromatic N) is 2. The zero-order chi connectivity index (χ0) is 14.9. The Bertz CT molecular complexity index is 653. The molecule has 2 aromatic rings. The summed E-state index contributed by atoms with van der Waals surface area (Å²) in [5, 5.41) is 14.4. The van der Waals surface area contributed by atoms with Gasteiger partial charge in [0.05, 0.1) is 10.0 Å². The van der Waals surface area contributed by atoms with Gasteiger partial charge in [0.15, 0.2) is 0 Å². The summed E-state index contributed by atoms with van der Waals surface area (Å²) in [7, 11) is 0. The Morgan fingerprint density at radius 2 is 2.15 bits per heavy atom. The largest absolute Gasteiger partial charge is 0.478 e. The Labute approximate surface area is 126 Å². The lowest BCUT2D eigenvalue weighted by atomic mass is 10.1. The van der Waals surface area contributed by atoms with E-state index < -0.39 is 5.97 Å². The van der Waals surface area contributed by atoms with E-state index in [1.165, 1.54) is 6.20 Å². The van der Waals surface area contributed by atoms with Crippen molar-refractivity contribution in [2.24, 2.45) is 0 Å². The summed E-state index contributed by atoms with van der Waals surface area (Å²) in [6, 6.07) is 5.20. The lowest BCUT2D eigenvalue weighted by Crippen LogP contribution is -2.04. The van der Waals surface area contributed by atoms with Crippen LogP contribution in [0.4, 0.5) is 0 Å². The van der Waals surface area contributed by atoms with Crippen LogP contribution in [0, 0.1) is 0 Å². The molecule has 106 valence electrons. The maximum Gasteiger partial charge on any atom is 0.339 e. The molecular weight excluding hydrogens is 299 g/mol. The van der Waals surface area contributed by atoms with Crippen molar-refractivity contribution in [1.82, 2.24) is 9.78 Å². The molecule has 1 unspecified atom stereocenters. The third-order valence-corrected chi connectivity index (χ3v) is 4.03. The van der Waals surface area contributed by atoms with Crippen LogP contribution < -0.4 is 0 Å². The molecule has 1 heterocycles. The van der Waals surface area contributed by atoms with Gasteiger partial charge < -0.3 is 5.11 Å². The molecule has 0 aliphatic rings. The number of benzene rings is 1. The van der Waals surface area contributed by atoms with Crippen molar-refractivity contribution in [2.75, 3.05) is 0 Å². The van der Waals surface area contributed by atoms with Gasteiger partial charge >= 0.3 is 5.97 Å². The normalized spacial score (nSPS) is 12.4. The SMILES string of the molecule is CCC(C)n1cc(C(=O)O)c(-c2cccc(Cl)c2Cl)n1. The van der Waals surface area contributed by atoms with Crippen LogP contribution in [0.3, 0.4) is 0 Å². The quantitative estimate of drug-likeness (QED) is 0.902. The molecule has 0 fully saturated rings. The molecule has 1 aromatic carbocycles. The van der Waals surface area contributed by atoms with Crippen molar-refractivity contribution in [3.05, 3.63) is 40.0 Å². The number of hydrogen-bond acceptors (Lipinski definition) is 2. The fraction of sp³-hybridized carbons (Fsp3) is 0.286. The van der Waals surface area contributed by atoms with Gasteiger partial charge in [-0.15, -0.1) is 0 Å². The molecule has 20 heavy (non-hydrogen) atoms. The summed E-state index contributed by atoms with van der Waals surface area (Å²) < 4.78 is 1.65. The number of aromatic nitrogens is 2. The van der Waals surface area contributed by atoms with E-state index in [4.69, 9.17) is 23.2 Å². The third-order valence-electron chi connectivity index (χ3n) is 3.21. The highest BCUT2D eigenvalue weighted by molar-refractivity contribution is 6.43. The van der Waals surface area contributed by atoms with Crippen molar-refractivity contribution in [2.45, 2.75) is 26.3 Å². The molecule has 0 aliphatic heterocycles. The van der Waals surface area contributed by atoms with E-state index in [2.05, 4.69) is 5.10 Å². The average Bonchev–Trinajstić information content (AvgIpc) is 2.86. The van der Waals surface area contributed by atoms with E-state index in [0.29, 0.717) is 21.3 Å². The molecule has 0 radical (unpaired) electrons. The fourth-order valence-corrected chi connectivity index (χ4v) is 2.24. The molecule has 1 N–H and O–H groups in total. The van der Waals surface area contributed by atoms with Gasteiger partial charge in [0.2, 0.25) is 0 Å². The van der Waals surface area contributed by atoms with Crippen LogP contribution in [-0.2, 0) is 0 Å². The minimum Gasteiger partial charge on any atom is -0.478 e. The molecule has 1 aromatic heterocycles. The zero-order valence-corrected chi connectivity index (χ0v) is 12.6. The van der Waals surface area contributed by atoms with E-state index in [1.807, 2.05) is 13.8 Å². The predicted octanol–water partition coefficient (Wildman–Crippen LogP) is 4.53.